The third-order valence-corrected chi connectivity index (χ3v) is 7.49. The molecule has 0 radical (unpaired) electrons. The molecule has 0 bridgehead atoms. The second kappa shape index (κ2) is 9.35. The number of thiophene rings is 1. The van der Waals surface area contributed by atoms with Crippen molar-refractivity contribution in [2.75, 3.05) is 6.61 Å². The van der Waals surface area contributed by atoms with Crippen molar-refractivity contribution in [2.45, 2.75) is 26.8 Å². The van der Waals surface area contributed by atoms with Crippen LogP contribution in [0, 0.1) is 5.92 Å². The lowest BCUT2D eigenvalue weighted by atomic mass is 10.0. The molecule has 0 saturated carbocycles. The van der Waals surface area contributed by atoms with Gasteiger partial charge in [-0.15, -0.1) is 11.3 Å². The van der Waals surface area contributed by atoms with Gasteiger partial charge < -0.3 is 4.74 Å². The molecule has 3 aromatic rings. The van der Waals surface area contributed by atoms with E-state index in [0.717, 1.165) is 10.4 Å². The van der Waals surface area contributed by atoms with E-state index in [9.17, 15) is 9.59 Å². The Kier molecular flexibility index (Phi) is 6.72. The first-order valence-electron chi connectivity index (χ1n) is 9.94. The minimum atomic E-state index is -0.582. The largest absolute Gasteiger partial charge is 0.462 e. The third kappa shape index (κ3) is 4.48. The average molecular weight is 507 g/mol. The van der Waals surface area contributed by atoms with Gasteiger partial charge in [-0.05, 0) is 48.1 Å². The Balaban J connectivity index is 1.87. The molecule has 0 fully saturated rings. The molecule has 0 spiro atoms. The van der Waals surface area contributed by atoms with Gasteiger partial charge in [-0.2, -0.15) is 0 Å². The maximum absolute atomic E-state index is 13.5. The van der Waals surface area contributed by atoms with Crippen LogP contribution in [0.25, 0.3) is 6.08 Å². The molecule has 1 unspecified atom stereocenters. The quantitative estimate of drug-likeness (QED) is 0.466. The number of hydrogen-bond donors (Lipinski definition) is 0. The van der Waals surface area contributed by atoms with Crippen molar-refractivity contribution in [2.24, 2.45) is 10.9 Å². The molecule has 3 heterocycles. The van der Waals surface area contributed by atoms with Crippen LogP contribution in [0.1, 0.15) is 37.3 Å². The monoisotopic (exact) mass is 506 g/mol. The van der Waals surface area contributed by atoms with Crippen LogP contribution in [-0.4, -0.2) is 17.1 Å². The first-order valence-corrected chi connectivity index (χ1v) is 12.4. The van der Waals surface area contributed by atoms with Crippen molar-refractivity contribution >= 4 is 57.9 Å². The molecule has 4 rings (SSSR count). The minimum absolute atomic E-state index is 0.201. The molecule has 166 valence electrons. The first-order chi connectivity index (χ1) is 15.3. The molecule has 32 heavy (non-hydrogen) atoms. The van der Waals surface area contributed by atoms with Crippen LogP contribution in [0.3, 0.4) is 0 Å². The van der Waals surface area contributed by atoms with Crippen LogP contribution in [0.4, 0.5) is 0 Å². The highest BCUT2D eigenvalue weighted by atomic mass is 35.5. The van der Waals surface area contributed by atoms with Crippen LogP contribution >= 0.6 is 45.9 Å². The number of carbonyl (C=O) groups excluding carboxylic acids is 1. The summed E-state index contributed by atoms with van der Waals surface area (Å²) in [7, 11) is 0. The van der Waals surface area contributed by atoms with E-state index in [1.54, 1.807) is 35.8 Å². The van der Waals surface area contributed by atoms with E-state index in [4.69, 9.17) is 27.9 Å². The number of fused-ring (bicyclic) bond motifs is 1. The van der Waals surface area contributed by atoms with Gasteiger partial charge in [-0.3, -0.25) is 9.36 Å². The average Bonchev–Trinajstić information content (AvgIpc) is 3.37. The van der Waals surface area contributed by atoms with Crippen LogP contribution in [0.2, 0.25) is 10.0 Å². The zero-order chi connectivity index (χ0) is 23.0. The zero-order valence-corrected chi connectivity index (χ0v) is 20.7. The van der Waals surface area contributed by atoms with Gasteiger partial charge in [0.15, 0.2) is 4.80 Å². The number of aromatic nitrogens is 1. The summed E-state index contributed by atoms with van der Waals surface area (Å²) in [5, 5.41) is 2.78. The molecule has 0 N–H and O–H groups in total. The lowest BCUT2D eigenvalue weighted by Gasteiger charge is -2.23. The molecular weight excluding hydrogens is 487 g/mol. The summed E-state index contributed by atoms with van der Waals surface area (Å²) >= 11 is 14.9. The summed E-state index contributed by atoms with van der Waals surface area (Å²) in [6, 6.07) is 8.43. The van der Waals surface area contributed by atoms with Crippen molar-refractivity contribution in [3.8, 4) is 0 Å². The van der Waals surface area contributed by atoms with Crippen molar-refractivity contribution in [3.05, 3.63) is 87.2 Å². The Bertz CT molecular complexity index is 1390. The third-order valence-electron chi connectivity index (χ3n) is 4.84. The minimum Gasteiger partial charge on any atom is -0.462 e. The van der Waals surface area contributed by atoms with E-state index < -0.39 is 12.0 Å². The van der Waals surface area contributed by atoms with E-state index in [0.29, 0.717) is 37.3 Å². The number of allylic oxidation sites excluding steroid dienone is 1. The SMILES string of the molecule is CC1=C(C(=O)OCC(C)C)C(c2cccs2)n2c(sc(=Cc3ccc(Cl)c(Cl)c3)c2=O)=N1. The van der Waals surface area contributed by atoms with Crippen molar-refractivity contribution in [1.29, 1.82) is 0 Å². The standard InChI is InChI=1S/C23H20Cl2N2O3S2/c1-12(2)11-30-22(29)19-13(3)26-23-27(20(19)17-5-4-8-31-17)21(28)18(32-23)10-14-6-7-15(24)16(25)9-14/h4-10,12,20H,11H2,1-3H3. The number of benzene rings is 1. The van der Waals surface area contributed by atoms with E-state index >= 15 is 0 Å². The summed E-state index contributed by atoms with van der Waals surface area (Å²) in [5.74, 6) is -0.246. The van der Waals surface area contributed by atoms with Gasteiger partial charge in [0.25, 0.3) is 5.56 Å². The Morgan fingerprint density at radius 3 is 2.72 bits per heavy atom. The highest BCUT2D eigenvalue weighted by molar-refractivity contribution is 7.10. The number of carbonyl (C=O) groups is 1. The molecule has 1 aliphatic rings. The number of esters is 1. The van der Waals surface area contributed by atoms with Crippen LogP contribution < -0.4 is 14.9 Å². The summed E-state index contributed by atoms with van der Waals surface area (Å²) in [6.45, 7) is 6.03. The Hall–Kier alpha value is -2.19. The predicted octanol–water partition coefficient (Wildman–Crippen LogP) is 4.80. The highest BCUT2D eigenvalue weighted by Gasteiger charge is 2.34. The number of halogens is 2. The van der Waals surface area contributed by atoms with Gasteiger partial charge in [0.05, 0.1) is 32.5 Å². The highest BCUT2D eigenvalue weighted by Crippen LogP contribution is 2.33. The molecule has 1 aromatic carbocycles. The van der Waals surface area contributed by atoms with Gasteiger partial charge in [-0.25, -0.2) is 9.79 Å². The number of rotatable bonds is 5. The molecule has 2 aromatic heterocycles. The summed E-state index contributed by atoms with van der Waals surface area (Å²) in [4.78, 5) is 32.5. The fourth-order valence-electron chi connectivity index (χ4n) is 3.37. The number of thiazole rings is 1. The van der Waals surface area contributed by atoms with Crippen molar-refractivity contribution < 1.29 is 9.53 Å². The maximum Gasteiger partial charge on any atom is 0.338 e. The molecule has 9 heteroatoms. The molecule has 1 atom stereocenters. The molecule has 0 saturated heterocycles. The lowest BCUT2D eigenvalue weighted by Crippen LogP contribution is -2.39. The molecule has 0 aliphatic carbocycles. The van der Waals surface area contributed by atoms with E-state index in [2.05, 4.69) is 4.99 Å². The zero-order valence-electron chi connectivity index (χ0n) is 17.6. The summed E-state index contributed by atoms with van der Waals surface area (Å²) < 4.78 is 7.60. The molecular formula is C23H20Cl2N2O3S2. The maximum atomic E-state index is 13.5. The molecule has 5 nitrogen and oxygen atoms in total. The fraction of sp³-hybridized carbons (Fsp3) is 0.261. The van der Waals surface area contributed by atoms with Crippen LogP contribution in [0.15, 0.2) is 56.8 Å². The fourth-order valence-corrected chi connectivity index (χ4v) is 5.55. The topological polar surface area (TPSA) is 60.7 Å². The summed E-state index contributed by atoms with van der Waals surface area (Å²) in [5.41, 5.74) is 1.48. The normalized spacial score (nSPS) is 16.3. The molecule has 1 aliphatic heterocycles. The van der Waals surface area contributed by atoms with Crippen molar-refractivity contribution in [3.63, 3.8) is 0 Å². The van der Waals surface area contributed by atoms with Gasteiger partial charge in [0.2, 0.25) is 0 Å². The van der Waals surface area contributed by atoms with Gasteiger partial charge in [0, 0.05) is 4.88 Å². The Labute approximate surface area is 202 Å². The lowest BCUT2D eigenvalue weighted by molar-refractivity contribution is -0.140. The first kappa shape index (κ1) is 23.0. The van der Waals surface area contributed by atoms with Gasteiger partial charge >= 0.3 is 5.97 Å². The van der Waals surface area contributed by atoms with E-state index in [-0.39, 0.29) is 11.5 Å². The van der Waals surface area contributed by atoms with E-state index in [1.165, 1.54) is 22.7 Å². The summed E-state index contributed by atoms with van der Waals surface area (Å²) in [6.07, 6.45) is 1.76. The van der Waals surface area contributed by atoms with Crippen molar-refractivity contribution in [1.82, 2.24) is 4.57 Å². The van der Waals surface area contributed by atoms with Gasteiger partial charge in [0.1, 0.15) is 6.04 Å². The number of ether oxygens (including phenoxy) is 1. The molecule has 0 amide bonds. The Morgan fingerprint density at radius 1 is 1.28 bits per heavy atom. The number of hydrogen-bond acceptors (Lipinski definition) is 6. The van der Waals surface area contributed by atoms with Crippen LogP contribution in [-0.2, 0) is 9.53 Å². The van der Waals surface area contributed by atoms with E-state index in [1.807, 2.05) is 31.4 Å². The second-order valence-electron chi connectivity index (χ2n) is 7.76. The predicted molar refractivity (Wildman–Crippen MR) is 130 cm³/mol. The number of nitrogens with zero attached hydrogens (tertiary/aromatic N) is 2. The second-order valence-corrected chi connectivity index (χ2v) is 10.6. The Morgan fingerprint density at radius 2 is 2.06 bits per heavy atom. The smallest absolute Gasteiger partial charge is 0.338 e. The van der Waals surface area contributed by atoms with Gasteiger partial charge in [-0.1, -0.05) is 60.5 Å². The van der Waals surface area contributed by atoms with Crippen LogP contribution in [0.5, 0.6) is 0 Å².